The minimum atomic E-state index is -0.924. The lowest BCUT2D eigenvalue weighted by Gasteiger charge is -2.28. The van der Waals surface area contributed by atoms with Gasteiger partial charge in [-0.1, -0.05) is 44.2 Å². The summed E-state index contributed by atoms with van der Waals surface area (Å²) in [6.07, 6.45) is 1.12. The number of likely N-dealkylation sites (N-methyl/N-ethyl adjacent to an activating group) is 1. The fourth-order valence-electron chi connectivity index (χ4n) is 1.91. The second-order valence-electron chi connectivity index (χ2n) is 5.37. The van der Waals surface area contributed by atoms with E-state index in [1.807, 2.05) is 37.4 Å². The van der Waals surface area contributed by atoms with Crippen LogP contribution in [0.25, 0.3) is 0 Å². The summed E-state index contributed by atoms with van der Waals surface area (Å²) in [6.45, 7) is 5.92. The molecule has 3 heteroatoms. The Morgan fingerprint density at radius 3 is 2.44 bits per heavy atom. The molecule has 98 valence electrons. The van der Waals surface area contributed by atoms with Crippen molar-refractivity contribution in [2.75, 3.05) is 20.1 Å². The van der Waals surface area contributed by atoms with Gasteiger partial charge in [-0.3, -0.25) is 0 Å². The molecule has 0 bridgehead atoms. The molecule has 0 fully saturated rings. The Kier molecular flexibility index (Phi) is 5.33. The highest BCUT2D eigenvalue weighted by Crippen LogP contribution is 2.18. The predicted molar refractivity (Wildman–Crippen MR) is 74.9 cm³/mol. The predicted octanol–water partition coefficient (Wildman–Crippen LogP) is 2.34. The van der Waals surface area contributed by atoms with E-state index in [0.717, 1.165) is 18.5 Å². The summed E-state index contributed by atoms with van der Waals surface area (Å²) in [7, 11) is 2.02. The van der Waals surface area contributed by atoms with Crippen LogP contribution in [0.1, 0.15) is 25.8 Å². The van der Waals surface area contributed by atoms with Gasteiger partial charge in [0.05, 0.1) is 6.07 Å². The summed E-state index contributed by atoms with van der Waals surface area (Å²) in [5.74, 6) is 0.665. The van der Waals surface area contributed by atoms with Crippen molar-refractivity contribution in [2.45, 2.75) is 25.8 Å². The third-order valence-corrected chi connectivity index (χ3v) is 3.10. The first-order valence-electron chi connectivity index (χ1n) is 6.42. The van der Waals surface area contributed by atoms with E-state index in [4.69, 9.17) is 5.73 Å². The molecule has 0 radical (unpaired) electrons. The van der Waals surface area contributed by atoms with E-state index in [9.17, 15) is 5.26 Å². The van der Waals surface area contributed by atoms with Crippen LogP contribution in [0, 0.1) is 17.2 Å². The van der Waals surface area contributed by atoms with Gasteiger partial charge in [0.15, 0.2) is 0 Å². The SMILES string of the molecule is CC(C)CCN(C)CC(N)(C#N)c1ccccc1. The first-order chi connectivity index (χ1) is 8.48. The van der Waals surface area contributed by atoms with Gasteiger partial charge in [-0.25, -0.2) is 0 Å². The minimum absolute atomic E-state index is 0.556. The van der Waals surface area contributed by atoms with E-state index in [0.29, 0.717) is 12.5 Å². The Morgan fingerprint density at radius 1 is 1.33 bits per heavy atom. The molecule has 0 aliphatic heterocycles. The molecule has 0 aromatic heterocycles. The highest BCUT2D eigenvalue weighted by atomic mass is 15.1. The molecule has 0 aliphatic carbocycles. The first kappa shape index (κ1) is 14.7. The van der Waals surface area contributed by atoms with Crippen molar-refractivity contribution in [3.8, 4) is 6.07 Å². The zero-order valence-corrected chi connectivity index (χ0v) is 11.6. The minimum Gasteiger partial charge on any atom is -0.309 e. The van der Waals surface area contributed by atoms with E-state index in [2.05, 4.69) is 24.8 Å². The maximum absolute atomic E-state index is 9.36. The molecule has 1 rings (SSSR count). The van der Waals surface area contributed by atoms with Crippen LogP contribution in [0.2, 0.25) is 0 Å². The van der Waals surface area contributed by atoms with Crippen LogP contribution in [0.5, 0.6) is 0 Å². The quantitative estimate of drug-likeness (QED) is 0.837. The molecule has 0 spiro atoms. The molecule has 18 heavy (non-hydrogen) atoms. The van der Waals surface area contributed by atoms with Crippen LogP contribution in [0.4, 0.5) is 0 Å². The van der Waals surface area contributed by atoms with Gasteiger partial charge in [0.1, 0.15) is 5.54 Å². The molecule has 0 amide bonds. The Bertz CT molecular complexity index is 394. The van der Waals surface area contributed by atoms with E-state index >= 15 is 0 Å². The normalized spacial score (nSPS) is 14.5. The fraction of sp³-hybridized carbons (Fsp3) is 0.533. The number of nitrogens with zero attached hydrogens (tertiary/aromatic N) is 2. The zero-order chi connectivity index (χ0) is 13.6. The van der Waals surface area contributed by atoms with Gasteiger partial charge in [-0.15, -0.1) is 0 Å². The maximum Gasteiger partial charge on any atom is 0.142 e. The van der Waals surface area contributed by atoms with Gasteiger partial charge in [-0.05, 0) is 31.5 Å². The van der Waals surface area contributed by atoms with Gasteiger partial charge in [0.25, 0.3) is 0 Å². The van der Waals surface area contributed by atoms with Crippen LogP contribution in [-0.2, 0) is 5.54 Å². The molecule has 0 saturated carbocycles. The third kappa shape index (κ3) is 4.14. The van der Waals surface area contributed by atoms with E-state index in [1.54, 1.807) is 0 Å². The van der Waals surface area contributed by atoms with Crippen LogP contribution >= 0.6 is 0 Å². The Labute approximate surface area is 110 Å². The number of nitriles is 1. The van der Waals surface area contributed by atoms with Crippen LogP contribution < -0.4 is 5.73 Å². The van der Waals surface area contributed by atoms with Crippen molar-refractivity contribution in [2.24, 2.45) is 11.7 Å². The lowest BCUT2D eigenvalue weighted by atomic mass is 9.92. The van der Waals surface area contributed by atoms with Gasteiger partial charge in [0, 0.05) is 6.54 Å². The molecule has 3 nitrogen and oxygen atoms in total. The molecule has 1 aromatic rings. The van der Waals surface area contributed by atoms with Crippen LogP contribution in [-0.4, -0.2) is 25.0 Å². The molecule has 0 saturated heterocycles. The number of benzene rings is 1. The van der Waals surface area contributed by atoms with Crippen molar-refractivity contribution in [1.82, 2.24) is 4.90 Å². The van der Waals surface area contributed by atoms with Crippen molar-refractivity contribution >= 4 is 0 Å². The van der Waals surface area contributed by atoms with Crippen molar-refractivity contribution in [3.63, 3.8) is 0 Å². The third-order valence-electron chi connectivity index (χ3n) is 3.10. The summed E-state index contributed by atoms with van der Waals surface area (Å²) in [4.78, 5) is 2.14. The van der Waals surface area contributed by atoms with E-state index < -0.39 is 5.54 Å². The van der Waals surface area contributed by atoms with Crippen molar-refractivity contribution < 1.29 is 0 Å². The lowest BCUT2D eigenvalue weighted by molar-refractivity contribution is 0.266. The molecular weight excluding hydrogens is 222 g/mol. The standard InChI is InChI=1S/C15H23N3/c1-13(2)9-10-18(3)12-15(17,11-16)14-7-5-4-6-8-14/h4-8,13H,9-10,12,17H2,1-3H3. The Hall–Kier alpha value is -1.37. The van der Waals surface area contributed by atoms with Gasteiger partial charge in [-0.2, -0.15) is 5.26 Å². The summed E-state index contributed by atoms with van der Waals surface area (Å²) in [5, 5.41) is 9.36. The van der Waals surface area contributed by atoms with Crippen LogP contribution in [0.3, 0.4) is 0 Å². The summed E-state index contributed by atoms with van der Waals surface area (Å²) < 4.78 is 0. The van der Waals surface area contributed by atoms with Gasteiger partial charge in [0.2, 0.25) is 0 Å². The first-order valence-corrected chi connectivity index (χ1v) is 6.42. The largest absolute Gasteiger partial charge is 0.309 e. The van der Waals surface area contributed by atoms with E-state index in [-0.39, 0.29) is 0 Å². The molecule has 0 aliphatic rings. The van der Waals surface area contributed by atoms with Crippen LogP contribution in [0.15, 0.2) is 30.3 Å². The summed E-state index contributed by atoms with van der Waals surface area (Å²) in [6, 6.07) is 11.9. The highest BCUT2D eigenvalue weighted by molar-refractivity contribution is 5.31. The summed E-state index contributed by atoms with van der Waals surface area (Å²) in [5.41, 5.74) is 6.18. The van der Waals surface area contributed by atoms with Gasteiger partial charge < -0.3 is 10.6 Å². The lowest BCUT2D eigenvalue weighted by Crippen LogP contribution is -2.45. The number of hydrogen-bond donors (Lipinski definition) is 1. The molecular formula is C15H23N3. The van der Waals surface area contributed by atoms with Crippen molar-refractivity contribution in [3.05, 3.63) is 35.9 Å². The second kappa shape index (κ2) is 6.53. The number of rotatable bonds is 6. The van der Waals surface area contributed by atoms with Crippen molar-refractivity contribution in [1.29, 1.82) is 5.26 Å². The fourth-order valence-corrected chi connectivity index (χ4v) is 1.91. The van der Waals surface area contributed by atoms with Gasteiger partial charge >= 0.3 is 0 Å². The number of hydrogen-bond acceptors (Lipinski definition) is 3. The molecule has 1 atom stereocenters. The smallest absolute Gasteiger partial charge is 0.142 e. The molecule has 2 N–H and O–H groups in total. The monoisotopic (exact) mass is 245 g/mol. The Balaban J connectivity index is 2.70. The Morgan fingerprint density at radius 2 is 1.94 bits per heavy atom. The second-order valence-corrected chi connectivity index (χ2v) is 5.37. The average molecular weight is 245 g/mol. The molecule has 1 aromatic carbocycles. The average Bonchev–Trinajstić information content (AvgIpc) is 2.37. The maximum atomic E-state index is 9.36. The zero-order valence-electron chi connectivity index (χ0n) is 11.6. The number of nitrogens with two attached hydrogens (primary N) is 1. The molecule has 1 unspecified atom stereocenters. The van der Waals surface area contributed by atoms with E-state index in [1.165, 1.54) is 0 Å². The highest BCUT2D eigenvalue weighted by Gasteiger charge is 2.28. The topological polar surface area (TPSA) is 53.0 Å². The molecule has 0 heterocycles. The summed E-state index contributed by atoms with van der Waals surface area (Å²) >= 11 is 0.